The first kappa shape index (κ1) is 20.6. The lowest BCUT2D eigenvalue weighted by atomic mass is 10.2. The van der Waals surface area contributed by atoms with E-state index < -0.39 is 0 Å². The molecule has 0 aliphatic carbocycles. The molecule has 0 bridgehead atoms. The van der Waals surface area contributed by atoms with E-state index in [1.807, 2.05) is 19.0 Å². The van der Waals surface area contributed by atoms with Crippen molar-refractivity contribution in [2.75, 3.05) is 61.0 Å². The normalized spacial score (nSPS) is 11.3. The number of hydrogen-bond acceptors (Lipinski definition) is 4. The molecule has 0 spiro atoms. The predicted molar refractivity (Wildman–Crippen MR) is 121 cm³/mol. The van der Waals surface area contributed by atoms with Gasteiger partial charge in [-0.15, -0.1) is 0 Å². The van der Waals surface area contributed by atoms with E-state index >= 15 is 0 Å². The molecule has 0 fully saturated rings. The largest absolute Gasteiger partial charge is 0.376 e. The maximum atomic E-state index is 4.78. The fraction of sp³-hybridized carbons (Fsp3) is 0.409. The molecule has 0 radical (unpaired) electrons. The van der Waals surface area contributed by atoms with Crippen molar-refractivity contribution in [3.05, 3.63) is 48.5 Å². The van der Waals surface area contributed by atoms with E-state index in [-0.39, 0.29) is 0 Å². The van der Waals surface area contributed by atoms with Crippen LogP contribution in [-0.4, -0.2) is 47.1 Å². The van der Waals surface area contributed by atoms with Crippen molar-refractivity contribution >= 4 is 28.6 Å². The van der Waals surface area contributed by atoms with Crippen LogP contribution in [0.1, 0.15) is 20.8 Å². The van der Waals surface area contributed by atoms with Gasteiger partial charge in [-0.2, -0.15) is 5.10 Å². The van der Waals surface area contributed by atoms with Crippen LogP contribution in [0, 0.1) is 0 Å². The number of anilines is 4. The van der Waals surface area contributed by atoms with Crippen molar-refractivity contribution in [1.82, 2.24) is 0 Å². The van der Waals surface area contributed by atoms with Gasteiger partial charge in [0.1, 0.15) is 5.84 Å². The number of nitrogens with zero attached hydrogens (tertiary/aromatic N) is 5. The lowest BCUT2D eigenvalue weighted by Gasteiger charge is -2.26. The van der Waals surface area contributed by atoms with Crippen LogP contribution in [0.25, 0.3) is 0 Å². The SMILES string of the molecule is CCN(CC)c1ccc(N(C)/N=C(\C)N(C)c2ccccc2N(C)C)cc1. The van der Waals surface area contributed by atoms with Crippen LogP contribution >= 0.6 is 0 Å². The summed E-state index contributed by atoms with van der Waals surface area (Å²) in [6.45, 7) is 8.42. The van der Waals surface area contributed by atoms with Gasteiger partial charge in [0.25, 0.3) is 0 Å². The first-order valence-electron chi connectivity index (χ1n) is 9.53. The first-order chi connectivity index (χ1) is 12.9. The minimum atomic E-state index is 0.930. The zero-order chi connectivity index (χ0) is 20.0. The highest BCUT2D eigenvalue weighted by Crippen LogP contribution is 2.27. The molecule has 2 rings (SSSR count). The summed E-state index contributed by atoms with van der Waals surface area (Å²) in [5, 5.41) is 6.71. The molecule has 2 aromatic carbocycles. The van der Waals surface area contributed by atoms with Gasteiger partial charge in [0, 0.05) is 47.0 Å². The third-order valence-corrected chi connectivity index (χ3v) is 4.86. The Labute approximate surface area is 164 Å². The Morgan fingerprint density at radius 1 is 0.778 bits per heavy atom. The molecule has 0 N–H and O–H groups in total. The van der Waals surface area contributed by atoms with Gasteiger partial charge in [0.05, 0.1) is 17.1 Å². The summed E-state index contributed by atoms with van der Waals surface area (Å²) in [7, 11) is 8.16. The van der Waals surface area contributed by atoms with Gasteiger partial charge < -0.3 is 14.7 Å². The molecule has 0 heterocycles. The number of amidine groups is 1. The Morgan fingerprint density at radius 3 is 1.81 bits per heavy atom. The zero-order valence-corrected chi connectivity index (χ0v) is 17.8. The summed E-state index contributed by atoms with van der Waals surface area (Å²) in [4.78, 5) is 6.58. The van der Waals surface area contributed by atoms with E-state index in [0.717, 1.165) is 30.3 Å². The smallest absolute Gasteiger partial charge is 0.126 e. The number of rotatable bonds is 7. The molecular formula is C22H33N5. The Morgan fingerprint density at radius 2 is 1.30 bits per heavy atom. The van der Waals surface area contributed by atoms with Crippen LogP contribution in [0.3, 0.4) is 0 Å². The molecule has 0 amide bonds. The molecule has 0 saturated heterocycles. The highest BCUT2D eigenvalue weighted by Gasteiger charge is 2.12. The number of hydrogen-bond donors (Lipinski definition) is 0. The van der Waals surface area contributed by atoms with Gasteiger partial charge in [-0.1, -0.05) is 12.1 Å². The van der Waals surface area contributed by atoms with Crippen LogP contribution in [-0.2, 0) is 0 Å². The Kier molecular flexibility index (Phi) is 7.11. The quantitative estimate of drug-likeness (QED) is 0.409. The van der Waals surface area contributed by atoms with E-state index in [4.69, 9.17) is 5.10 Å². The van der Waals surface area contributed by atoms with Crippen molar-refractivity contribution < 1.29 is 0 Å². The molecule has 0 atom stereocenters. The molecule has 5 nitrogen and oxygen atoms in total. The number of benzene rings is 2. The summed E-state index contributed by atoms with van der Waals surface area (Å²) >= 11 is 0. The molecule has 146 valence electrons. The van der Waals surface area contributed by atoms with Crippen LogP contribution in [0.5, 0.6) is 0 Å². The lowest BCUT2D eigenvalue weighted by molar-refractivity contribution is 0.866. The lowest BCUT2D eigenvalue weighted by Crippen LogP contribution is -2.28. The molecular weight excluding hydrogens is 334 g/mol. The highest BCUT2D eigenvalue weighted by molar-refractivity contribution is 5.98. The van der Waals surface area contributed by atoms with Crippen LogP contribution in [0.4, 0.5) is 22.7 Å². The minimum absolute atomic E-state index is 0.930. The summed E-state index contributed by atoms with van der Waals surface area (Å²) in [5.41, 5.74) is 4.62. The molecule has 0 saturated carbocycles. The molecule has 0 aromatic heterocycles. The second-order valence-corrected chi connectivity index (χ2v) is 6.80. The second kappa shape index (κ2) is 9.31. The average molecular weight is 368 g/mol. The number of para-hydroxylation sites is 2. The average Bonchev–Trinajstić information content (AvgIpc) is 2.68. The van der Waals surface area contributed by atoms with Crippen molar-refractivity contribution in [2.24, 2.45) is 5.10 Å². The van der Waals surface area contributed by atoms with E-state index in [0.29, 0.717) is 0 Å². The van der Waals surface area contributed by atoms with E-state index in [2.05, 4.69) is 98.2 Å². The van der Waals surface area contributed by atoms with E-state index in [1.165, 1.54) is 11.4 Å². The van der Waals surface area contributed by atoms with Crippen molar-refractivity contribution in [3.8, 4) is 0 Å². The van der Waals surface area contributed by atoms with Gasteiger partial charge in [-0.05, 0) is 57.2 Å². The Bertz CT molecular complexity index is 748. The van der Waals surface area contributed by atoms with Crippen molar-refractivity contribution in [3.63, 3.8) is 0 Å². The molecule has 27 heavy (non-hydrogen) atoms. The first-order valence-corrected chi connectivity index (χ1v) is 9.53. The summed E-state index contributed by atoms with van der Waals surface area (Å²) in [6, 6.07) is 16.9. The second-order valence-electron chi connectivity index (χ2n) is 6.80. The fourth-order valence-corrected chi connectivity index (χ4v) is 3.11. The van der Waals surface area contributed by atoms with Crippen LogP contribution < -0.4 is 19.7 Å². The summed E-state index contributed by atoms with van der Waals surface area (Å²) in [6.07, 6.45) is 0. The Hall–Kier alpha value is -2.69. The maximum absolute atomic E-state index is 4.78. The summed E-state index contributed by atoms with van der Waals surface area (Å²) in [5.74, 6) is 0.930. The number of hydrazone groups is 1. The van der Waals surface area contributed by atoms with Crippen molar-refractivity contribution in [1.29, 1.82) is 0 Å². The minimum Gasteiger partial charge on any atom is -0.376 e. The van der Waals surface area contributed by atoms with Crippen LogP contribution in [0.2, 0.25) is 0 Å². The van der Waals surface area contributed by atoms with Crippen LogP contribution in [0.15, 0.2) is 53.6 Å². The monoisotopic (exact) mass is 367 g/mol. The molecule has 0 aliphatic rings. The molecule has 0 aliphatic heterocycles. The topological polar surface area (TPSA) is 25.3 Å². The highest BCUT2D eigenvalue weighted by atomic mass is 15.5. The molecule has 0 unspecified atom stereocenters. The maximum Gasteiger partial charge on any atom is 0.126 e. The fourth-order valence-electron chi connectivity index (χ4n) is 3.11. The van der Waals surface area contributed by atoms with Gasteiger partial charge >= 0.3 is 0 Å². The van der Waals surface area contributed by atoms with Gasteiger partial charge in [-0.25, -0.2) is 0 Å². The van der Waals surface area contributed by atoms with Crippen molar-refractivity contribution in [2.45, 2.75) is 20.8 Å². The molecule has 5 heteroatoms. The third kappa shape index (κ3) is 4.94. The Balaban J connectivity index is 2.20. The standard InChI is InChI=1S/C22H33N5/c1-8-27(9-2)20-16-14-19(15-17-20)26(7)23-18(3)25(6)22-13-11-10-12-21(22)24(4)5/h10-17H,8-9H2,1-7H3/b23-18+. The van der Waals surface area contributed by atoms with Gasteiger partial charge in [0.15, 0.2) is 0 Å². The summed E-state index contributed by atoms with van der Waals surface area (Å²) < 4.78 is 0. The van der Waals surface area contributed by atoms with E-state index in [1.54, 1.807) is 0 Å². The van der Waals surface area contributed by atoms with E-state index in [9.17, 15) is 0 Å². The van der Waals surface area contributed by atoms with Gasteiger partial charge in [0.2, 0.25) is 0 Å². The zero-order valence-electron chi connectivity index (χ0n) is 17.8. The van der Waals surface area contributed by atoms with Gasteiger partial charge in [-0.3, -0.25) is 5.01 Å². The molecule has 2 aromatic rings. The third-order valence-electron chi connectivity index (χ3n) is 4.86. The predicted octanol–water partition coefficient (Wildman–Crippen LogP) is 4.50.